The summed E-state index contributed by atoms with van der Waals surface area (Å²) in [6.07, 6.45) is 3.74. The van der Waals surface area contributed by atoms with Crippen LogP contribution in [0.5, 0.6) is 0 Å². The van der Waals surface area contributed by atoms with Crippen LogP contribution in [-0.4, -0.2) is 7.05 Å². The zero-order valence-corrected chi connectivity index (χ0v) is 14.5. The van der Waals surface area contributed by atoms with Crippen LogP contribution >= 0.6 is 11.3 Å². The molecule has 1 aromatic heterocycles. The number of rotatable bonds is 7. The highest BCUT2D eigenvalue weighted by molar-refractivity contribution is 7.15. The van der Waals surface area contributed by atoms with Gasteiger partial charge in [-0.25, -0.2) is 0 Å². The van der Waals surface area contributed by atoms with E-state index >= 15 is 0 Å². The lowest BCUT2D eigenvalue weighted by Crippen LogP contribution is -2.20. The van der Waals surface area contributed by atoms with E-state index in [4.69, 9.17) is 0 Å². The van der Waals surface area contributed by atoms with E-state index in [1.165, 1.54) is 40.1 Å². The third-order valence-electron chi connectivity index (χ3n) is 3.97. The smallest absolute Gasteiger partial charge is 0.0435 e. The maximum atomic E-state index is 3.43. The van der Waals surface area contributed by atoms with Crippen LogP contribution in [0.3, 0.4) is 0 Å². The lowest BCUT2D eigenvalue weighted by molar-refractivity contribution is 0.449. The van der Waals surface area contributed by atoms with Crippen molar-refractivity contribution in [2.75, 3.05) is 7.05 Å². The first-order valence-corrected chi connectivity index (χ1v) is 8.83. The minimum Gasteiger partial charge on any atom is -0.312 e. The molecule has 1 heterocycles. The van der Waals surface area contributed by atoms with Crippen molar-refractivity contribution in [3.05, 3.63) is 46.8 Å². The first-order valence-electron chi connectivity index (χ1n) is 8.02. The van der Waals surface area contributed by atoms with Gasteiger partial charge in [-0.3, -0.25) is 0 Å². The predicted molar refractivity (Wildman–Crippen MR) is 95.0 cm³/mol. The quantitative estimate of drug-likeness (QED) is 0.694. The summed E-state index contributed by atoms with van der Waals surface area (Å²) in [6, 6.07) is 14.1. The molecule has 114 valence electrons. The van der Waals surface area contributed by atoms with Gasteiger partial charge in [0.15, 0.2) is 0 Å². The molecule has 0 saturated carbocycles. The van der Waals surface area contributed by atoms with Crippen molar-refractivity contribution in [3.63, 3.8) is 0 Å². The minimum atomic E-state index is 0.451. The lowest BCUT2D eigenvalue weighted by atomic mass is 10.0. The molecule has 0 radical (unpaired) electrons. The number of hydrogen-bond acceptors (Lipinski definition) is 2. The van der Waals surface area contributed by atoms with Gasteiger partial charge in [0.2, 0.25) is 0 Å². The first kappa shape index (κ1) is 16.3. The second kappa shape index (κ2) is 7.77. The van der Waals surface area contributed by atoms with E-state index in [0.29, 0.717) is 12.0 Å². The van der Waals surface area contributed by atoms with Crippen molar-refractivity contribution in [3.8, 4) is 10.4 Å². The van der Waals surface area contributed by atoms with Crippen LogP contribution in [0.1, 0.15) is 50.1 Å². The molecule has 0 aliphatic rings. The molecule has 2 aromatic rings. The average molecular weight is 301 g/mol. The highest BCUT2D eigenvalue weighted by Crippen LogP contribution is 2.34. The van der Waals surface area contributed by atoms with Crippen molar-refractivity contribution in [2.45, 2.75) is 46.1 Å². The zero-order chi connectivity index (χ0) is 15.2. The summed E-state index contributed by atoms with van der Waals surface area (Å²) in [7, 11) is 2.05. The maximum absolute atomic E-state index is 3.43. The Morgan fingerprint density at radius 1 is 1.05 bits per heavy atom. The second-order valence-corrected chi connectivity index (χ2v) is 7.13. The van der Waals surface area contributed by atoms with Gasteiger partial charge in [0.25, 0.3) is 0 Å². The number of unbranched alkanes of at least 4 members (excludes halogenated alkanes) is 1. The Morgan fingerprint density at radius 3 is 2.33 bits per heavy atom. The molecule has 2 rings (SSSR count). The van der Waals surface area contributed by atoms with Gasteiger partial charge in [-0.1, -0.05) is 51.5 Å². The van der Waals surface area contributed by atoms with Crippen molar-refractivity contribution >= 4 is 11.3 Å². The Morgan fingerprint density at radius 2 is 1.76 bits per heavy atom. The zero-order valence-electron chi connectivity index (χ0n) is 13.6. The molecule has 21 heavy (non-hydrogen) atoms. The highest BCUT2D eigenvalue weighted by Gasteiger charge is 2.15. The summed E-state index contributed by atoms with van der Waals surface area (Å²) in [4.78, 5) is 2.80. The van der Waals surface area contributed by atoms with Gasteiger partial charge in [-0.15, -0.1) is 11.3 Å². The third kappa shape index (κ3) is 4.18. The standard InChI is InChI=1S/C19H27NS/c1-5-6-7-15-8-10-16(11-9-15)17-12-13-18(21-17)19(20-4)14(2)3/h8-14,19-20H,5-7H2,1-4H3. The van der Waals surface area contributed by atoms with E-state index in [-0.39, 0.29) is 0 Å². The topological polar surface area (TPSA) is 12.0 Å². The lowest BCUT2D eigenvalue weighted by Gasteiger charge is -2.18. The van der Waals surface area contributed by atoms with Gasteiger partial charge < -0.3 is 5.32 Å². The molecule has 0 bridgehead atoms. The summed E-state index contributed by atoms with van der Waals surface area (Å²) < 4.78 is 0. The van der Waals surface area contributed by atoms with Crippen LogP contribution in [0.25, 0.3) is 10.4 Å². The van der Waals surface area contributed by atoms with Crippen LogP contribution in [0.15, 0.2) is 36.4 Å². The molecule has 0 amide bonds. The molecular weight excluding hydrogens is 274 g/mol. The Hall–Kier alpha value is -1.12. The van der Waals surface area contributed by atoms with Crippen molar-refractivity contribution < 1.29 is 0 Å². The van der Waals surface area contributed by atoms with Gasteiger partial charge in [-0.05, 0) is 49.1 Å². The number of thiophene rings is 1. The Kier molecular flexibility index (Phi) is 6.01. The van der Waals surface area contributed by atoms with Crippen LogP contribution in [0, 0.1) is 5.92 Å². The van der Waals surface area contributed by atoms with E-state index in [1.807, 2.05) is 18.4 Å². The second-order valence-electron chi connectivity index (χ2n) is 6.01. The number of benzene rings is 1. The van der Waals surface area contributed by atoms with Crippen LogP contribution in [0.2, 0.25) is 0 Å². The van der Waals surface area contributed by atoms with Crippen LogP contribution in [-0.2, 0) is 6.42 Å². The van der Waals surface area contributed by atoms with Crippen LogP contribution < -0.4 is 5.32 Å². The van der Waals surface area contributed by atoms with E-state index in [1.54, 1.807) is 0 Å². The summed E-state index contributed by atoms with van der Waals surface area (Å²) >= 11 is 1.91. The highest BCUT2D eigenvalue weighted by atomic mass is 32.1. The summed E-state index contributed by atoms with van der Waals surface area (Å²) in [5.41, 5.74) is 2.79. The fraction of sp³-hybridized carbons (Fsp3) is 0.474. The molecule has 1 aromatic carbocycles. The van der Waals surface area contributed by atoms with Gasteiger partial charge in [0.1, 0.15) is 0 Å². The van der Waals surface area contributed by atoms with E-state index in [9.17, 15) is 0 Å². The monoisotopic (exact) mass is 301 g/mol. The molecule has 0 fully saturated rings. The first-order chi connectivity index (χ1) is 10.2. The molecule has 1 atom stereocenters. The van der Waals surface area contributed by atoms with Crippen LogP contribution in [0.4, 0.5) is 0 Å². The molecule has 2 heteroatoms. The average Bonchev–Trinajstić information content (AvgIpc) is 2.95. The minimum absolute atomic E-state index is 0.451. The SMILES string of the molecule is CCCCc1ccc(-c2ccc(C(NC)C(C)C)s2)cc1. The van der Waals surface area contributed by atoms with E-state index in [2.05, 4.69) is 62.5 Å². The van der Waals surface area contributed by atoms with Gasteiger partial charge >= 0.3 is 0 Å². The Bertz CT molecular complexity index is 539. The normalized spacial score (nSPS) is 12.8. The molecule has 0 spiro atoms. The number of nitrogens with one attached hydrogen (secondary N) is 1. The maximum Gasteiger partial charge on any atom is 0.0435 e. The molecule has 1 nitrogen and oxygen atoms in total. The Labute approximate surface area is 133 Å². The van der Waals surface area contributed by atoms with Crippen molar-refractivity contribution in [2.24, 2.45) is 5.92 Å². The fourth-order valence-electron chi connectivity index (χ4n) is 2.70. The summed E-state index contributed by atoms with van der Waals surface area (Å²) in [6.45, 7) is 6.78. The molecule has 1 N–H and O–H groups in total. The predicted octanol–water partition coefficient (Wildman–Crippen LogP) is 5.67. The van der Waals surface area contributed by atoms with Gasteiger partial charge in [0.05, 0.1) is 0 Å². The summed E-state index contributed by atoms with van der Waals surface area (Å²) in [5.74, 6) is 0.609. The summed E-state index contributed by atoms with van der Waals surface area (Å²) in [5, 5.41) is 3.43. The third-order valence-corrected chi connectivity index (χ3v) is 5.19. The van der Waals surface area contributed by atoms with E-state index in [0.717, 1.165) is 0 Å². The molecule has 0 aliphatic heterocycles. The van der Waals surface area contributed by atoms with Crippen molar-refractivity contribution in [1.82, 2.24) is 5.32 Å². The largest absolute Gasteiger partial charge is 0.312 e. The number of aryl methyl sites for hydroxylation is 1. The molecule has 1 unspecified atom stereocenters. The fourth-order valence-corrected chi connectivity index (χ4v) is 3.99. The molecule has 0 saturated heterocycles. The molecule has 0 aliphatic carbocycles. The Balaban J connectivity index is 2.13. The number of hydrogen-bond donors (Lipinski definition) is 1. The van der Waals surface area contributed by atoms with E-state index < -0.39 is 0 Å². The van der Waals surface area contributed by atoms with Gasteiger partial charge in [0, 0.05) is 15.8 Å². The molecular formula is C19H27NS. The van der Waals surface area contributed by atoms with Crippen molar-refractivity contribution in [1.29, 1.82) is 0 Å². The van der Waals surface area contributed by atoms with Gasteiger partial charge in [-0.2, -0.15) is 0 Å².